The van der Waals surface area contributed by atoms with Crippen LogP contribution >= 0.6 is 15.9 Å². The fourth-order valence-electron chi connectivity index (χ4n) is 4.18. The molecule has 2 heterocycles. The summed E-state index contributed by atoms with van der Waals surface area (Å²) in [6, 6.07) is 10.2. The van der Waals surface area contributed by atoms with Crippen molar-refractivity contribution >= 4 is 31.7 Å². The Morgan fingerprint density at radius 3 is 2.38 bits per heavy atom. The normalized spacial score (nSPS) is 18.8. The number of Topliss-reactive ketones (excluding diaryl/α,β-unsaturated/α-hetero) is 1. The first kappa shape index (κ1) is 27.3. The molecule has 1 aliphatic rings. The van der Waals surface area contributed by atoms with Gasteiger partial charge in [0.2, 0.25) is 10.0 Å². The van der Waals surface area contributed by atoms with E-state index in [1.54, 1.807) is 18.2 Å². The number of aryl methyl sites for hydroxylation is 1. The van der Waals surface area contributed by atoms with Gasteiger partial charge < -0.3 is 0 Å². The number of carbonyl (C=O) groups is 1. The summed E-state index contributed by atoms with van der Waals surface area (Å²) >= 11 is 3.36. The smallest absolute Gasteiger partial charge is 0.298 e. The number of carbonyl (C=O) groups excluding carboxylic acids is 1. The van der Waals surface area contributed by atoms with Gasteiger partial charge in [0.25, 0.3) is 0 Å². The largest absolute Gasteiger partial charge is 0.433 e. The third-order valence-electron chi connectivity index (χ3n) is 6.00. The molecule has 1 fully saturated rings. The van der Waals surface area contributed by atoms with E-state index < -0.39 is 52.3 Å². The van der Waals surface area contributed by atoms with Crippen molar-refractivity contribution in [2.45, 2.75) is 42.5 Å². The Kier molecular flexibility index (Phi) is 7.82. The van der Waals surface area contributed by atoms with Gasteiger partial charge in [-0.25, -0.2) is 17.2 Å². The third kappa shape index (κ3) is 6.24. The quantitative estimate of drug-likeness (QED) is 0.312. The lowest BCUT2D eigenvalue weighted by atomic mass is 9.99. The van der Waals surface area contributed by atoms with Crippen LogP contribution in [0.5, 0.6) is 0 Å². The third-order valence-corrected chi connectivity index (χ3v) is 8.35. The van der Waals surface area contributed by atoms with Crippen molar-refractivity contribution in [3.63, 3.8) is 0 Å². The molecule has 12 heteroatoms. The standard InChI is InChI=1S/C25H20BrF5N2O3S/c26-18-10-15(9-17(11-18)16-2-8-24(32-13-16)25(29,30)31)1-7-23(34)22-12-20(28)14-33(22)37(35,36)21-5-3-19(27)4-6-21/h2-6,8-11,13,20,22H,1,7,12,14H2/t20-,22+/m1/s1. The first-order valence-corrected chi connectivity index (χ1v) is 13.3. The zero-order valence-corrected chi connectivity index (χ0v) is 21.5. The highest BCUT2D eigenvalue weighted by Crippen LogP contribution is 2.32. The van der Waals surface area contributed by atoms with Gasteiger partial charge >= 0.3 is 6.18 Å². The number of halogens is 6. The summed E-state index contributed by atoms with van der Waals surface area (Å²) in [5, 5.41) is 0. The van der Waals surface area contributed by atoms with E-state index in [-0.39, 0.29) is 24.2 Å². The zero-order chi connectivity index (χ0) is 27.0. The summed E-state index contributed by atoms with van der Waals surface area (Å²) in [6.07, 6.45) is -5.14. The molecule has 0 unspecified atom stereocenters. The first-order chi connectivity index (χ1) is 17.3. The minimum atomic E-state index is -4.56. The molecule has 196 valence electrons. The molecule has 5 nitrogen and oxygen atoms in total. The molecule has 0 bridgehead atoms. The lowest BCUT2D eigenvalue weighted by Crippen LogP contribution is -2.40. The van der Waals surface area contributed by atoms with E-state index in [1.165, 1.54) is 6.07 Å². The SMILES string of the molecule is O=C(CCc1cc(Br)cc(-c2ccc(C(F)(F)F)nc2)c1)[C@@H]1C[C@@H](F)CN1S(=O)(=O)c1ccc(F)cc1. The molecule has 0 spiro atoms. The van der Waals surface area contributed by atoms with Gasteiger partial charge in [-0.1, -0.05) is 28.1 Å². The van der Waals surface area contributed by atoms with Gasteiger partial charge in [-0.3, -0.25) is 9.78 Å². The van der Waals surface area contributed by atoms with Gasteiger partial charge in [-0.15, -0.1) is 0 Å². The predicted octanol–water partition coefficient (Wildman–Crippen LogP) is 5.97. The molecule has 4 rings (SSSR count). The Bertz CT molecular complexity index is 1400. The van der Waals surface area contributed by atoms with Crippen LogP contribution in [0.15, 0.2) is 70.2 Å². The Balaban J connectivity index is 1.50. The second-order valence-electron chi connectivity index (χ2n) is 8.62. The predicted molar refractivity (Wildman–Crippen MR) is 129 cm³/mol. The molecule has 2 aromatic carbocycles. The van der Waals surface area contributed by atoms with Gasteiger partial charge in [-0.05, 0) is 60.0 Å². The van der Waals surface area contributed by atoms with E-state index in [0.29, 0.717) is 21.2 Å². The van der Waals surface area contributed by atoms with Crippen LogP contribution in [-0.4, -0.2) is 42.2 Å². The van der Waals surface area contributed by atoms with Gasteiger partial charge in [-0.2, -0.15) is 17.5 Å². The number of alkyl halides is 4. The summed E-state index contributed by atoms with van der Waals surface area (Å²) in [7, 11) is -4.22. The molecule has 2 atom stereocenters. The molecule has 0 aliphatic carbocycles. The molecular formula is C25H20BrF5N2O3S. The van der Waals surface area contributed by atoms with E-state index >= 15 is 0 Å². The van der Waals surface area contributed by atoms with Crippen molar-refractivity contribution in [3.8, 4) is 11.1 Å². The summed E-state index contributed by atoms with van der Waals surface area (Å²) in [4.78, 5) is 16.3. The van der Waals surface area contributed by atoms with Crippen molar-refractivity contribution < 1.29 is 35.2 Å². The minimum Gasteiger partial charge on any atom is -0.298 e. The van der Waals surface area contributed by atoms with Crippen LogP contribution in [0.2, 0.25) is 0 Å². The highest BCUT2D eigenvalue weighted by atomic mass is 79.9. The average molecular weight is 603 g/mol. The first-order valence-electron chi connectivity index (χ1n) is 11.1. The molecular weight excluding hydrogens is 583 g/mol. The van der Waals surface area contributed by atoms with Crippen LogP contribution < -0.4 is 0 Å². The fourth-order valence-corrected chi connectivity index (χ4v) is 6.37. The number of sulfonamides is 1. The van der Waals surface area contributed by atoms with Crippen LogP contribution in [0.3, 0.4) is 0 Å². The average Bonchev–Trinajstić information content (AvgIpc) is 3.25. The summed E-state index contributed by atoms with van der Waals surface area (Å²) < 4.78 is 93.4. The van der Waals surface area contributed by atoms with Crippen molar-refractivity contribution in [1.29, 1.82) is 0 Å². The highest BCUT2D eigenvalue weighted by Gasteiger charge is 2.43. The van der Waals surface area contributed by atoms with E-state index in [0.717, 1.165) is 40.8 Å². The lowest BCUT2D eigenvalue weighted by molar-refractivity contribution is -0.141. The van der Waals surface area contributed by atoms with Crippen molar-refractivity contribution in [2.24, 2.45) is 0 Å². The Morgan fingerprint density at radius 2 is 1.76 bits per heavy atom. The van der Waals surface area contributed by atoms with Gasteiger partial charge in [0.1, 0.15) is 17.7 Å². The highest BCUT2D eigenvalue weighted by molar-refractivity contribution is 9.10. The van der Waals surface area contributed by atoms with Gasteiger partial charge in [0.05, 0.1) is 10.9 Å². The summed E-state index contributed by atoms with van der Waals surface area (Å²) in [6.45, 7) is -0.474. The number of hydrogen-bond donors (Lipinski definition) is 0. The number of rotatable bonds is 7. The number of hydrogen-bond acceptors (Lipinski definition) is 4. The molecule has 37 heavy (non-hydrogen) atoms. The molecule has 1 saturated heterocycles. The van der Waals surface area contributed by atoms with Crippen molar-refractivity contribution in [3.05, 3.63) is 82.3 Å². The molecule has 0 radical (unpaired) electrons. The number of nitrogens with zero attached hydrogens (tertiary/aromatic N) is 2. The molecule has 3 aromatic rings. The number of benzene rings is 2. The van der Waals surface area contributed by atoms with E-state index in [9.17, 15) is 35.2 Å². The zero-order valence-electron chi connectivity index (χ0n) is 19.1. The molecule has 0 N–H and O–H groups in total. The molecule has 1 aliphatic heterocycles. The van der Waals surface area contributed by atoms with Gasteiger partial charge in [0, 0.05) is 35.6 Å². The maximum atomic E-state index is 14.3. The second-order valence-corrected chi connectivity index (χ2v) is 11.4. The topological polar surface area (TPSA) is 67.3 Å². The summed E-state index contributed by atoms with van der Waals surface area (Å²) in [5.74, 6) is -1.10. The Hall–Kier alpha value is -2.70. The van der Waals surface area contributed by atoms with Crippen molar-refractivity contribution in [1.82, 2.24) is 9.29 Å². The number of pyridine rings is 1. The summed E-state index contributed by atoms with van der Waals surface area (Å²) in [5.41, 5.74) is 0.665. The lowest BCUT2D eigenvalue weighted by Gasteiger charge is -2.23. The number of aromatic nitrogens is 1. The molecule has 0 saturated carbocycles. The molecule has 1 aromatic heterocycles. The van der Waals surface area contributed by atoms with Crippen LogP contribution in [-0.2, 0) is 27.4 Å². The van der Waals surface area contributed by atoms with E-state index in [4.69, 9.17) is 0 Å². The number of ketones is 1. The second kappa shape index (κ2) is 10.6. The van der Waals surface area contributed by atoms with Crippen LogP contribution in [0, 0.1) is 5.82 Å². The minimum absolute atomic E-state index is 0.0893. The van der Waals surface area contributed by atoms with Crippen LogP contribution in [0.1, 0.15) is 24.1 Å². The van der Waals surface area contributed by atoms with Crippen molar-refractivity contribution in [2.75, 3.05) is 6.54 Å². The fraction of sp³-hybridized carbons (Fsp3) is 0.280. The van der Waals surface area contributed by atoms with E-state index in [2.05, 4.69) is 20.9 Å². The maximum absolute atomic E-state index is 14.3. The van der Waals surface area contributed by atoms with E-state index in [1.807, 2.05) is 0 Å². The van der Waals surface area contributed by atoms with Crippen LogP contribution in [0.4, 0.5) is 22.0 Å². The van der Waals surface area contributed by atoms with Crippen LogP contribution in [0.25, 0.3) is 11.1 Å². The molecule has 0 amide bonds. The maximum Gasteiger partial charge on any atom is 0.433 e. The monoisotopic (exact) mass is 602 g/mol. The van der Waals surface area contributed by atoms with Gasteiger partial charge in [0.15, 0.2) is 5.78 Å². The Morgan fingerprint density at radius 1 is 1.05 bits per heavy atom. The Labute approximate surface area is 218 Å².